The van der Waals surface area contributed by atoms with Crippen molar-refractivity contribution in [3.63, 3.8) is 0 Å². The molecule has 1 fully saturated rings. The third-order valence-corrected chi connectivity index (χ3v) is 6.32. The molecule has 1 atom stereocenters. The number of piperidine rings is 1. The molecule has 1 aromatic carbocycles. The van der Waals surface area contributed by atoms with Gasteiger partial charge in [0.05, 0.1) is 4.88 Å². The minimum absolute atomic E-state index is 0.0354. The van der Waals surface area contributed by atoms with Crippen LogP contribution in [0.2, 0.25) is 0 Å². The molecule has 0 saturated carbocycles. The molecular formula is C22H26N2O4S. The molecule has 1 saturated heterocycles. The topological polar surface area (TPSA) is 67.9 Å². The van der Waals surface area contributed by atoms with Crippen LogP contribution < -0.4 is 14.8 Å². The van der Waals surface area contributed by atoms with E-state index in [1.165, 1.54) is 11.3 Å². The normalized spacial score (nSPS) is 18.4. The van der Waals surface area contributed by atoms with Gasteiger partial charge >= 0.3 is 0 Å². The maximum absolute atomic E-state index is 13.0. The van der Waals surface area contributed by atoms with Gasteiger partial charge in [-0.05, 0) is 55.2 Å². The maximum Gasteiger partial charge on any atom is 0.264 e. The van der Waals surface area contributed by atoms with Crippen LogP contribution in [-0.2, 0) is 4.79 Å². The van der Waals surface area contributed by atoms with Gasteiger partial charge in [0.15, 0.2) is 11.5 Å². The van der Waals surface area contributed by atoms with Gasteiger partial charge < -0.3 is 19.7 Å². The highest BCUT2D eigenvalue weighted by atomic mass is 32.1. The molecule has 4 rings (SSSR count). The van der Waals surface area contributed by atoms with Gasteiger partial charge in [-0.25, -0.2) is 0 Å². The van der Waals surface area contributed by atoms with Crippen molar-refractivity contribution < 1.29 is 19.1 Å². The van der Waals surface area contributed by atoms with Gasteiger partial charge in [0, 0.05) is 30.4 Å². The number of thiophene rings is 1. The van der Waals surface area contributed by atoms with E-state index in [1.54, 1.807) is 0 Å². The molecule has 1 aromatic heterocycles. The first kappa shape index (κ1) is 19.8. The van der Waals surface area contributed by atoms with E-state index in [-0.39, 0.29) is 17.9 Å². The van der Waals surface area contributed by atoms with E-state index < -0.39 is 0 Å². The standard InChI is InChI=1S/C22H26N2O4S/c1-2-4-21(25)23-16-5-3-10-24(14-16)22(26)20-9-8-19(29-20)15-6-7-17-18(13-15)28-12-11-27-17/h6-9,13,16H,2-5,10-12,14H2,1H3,(H,23,25). The van der Waals surface area contributed by atoms with Crippen molar-refractivity contribution in [3.05, 3.63) is 35.2 Å². The summed E-state index contributed by atoms with van der Waals surface area (Å²) in [6, 6.07) is 9.79. The fraction of sp³-hybridized carbons (Fsp3) is 0.455. The third-order valence-electron chi connectivity index (χ3n) is 5.19. The Hall–Kier alpha value is -2.54. The number of likely N-dealkylation sites (tertiary alicyclic amines) is 1. The molecule has 29 heavy (non-hydrogen) atoms. The SMILES string of the molecule is CCCC(=O)NC1CCCN(C(=O)c2ccc(-c3ccc4c(c3)OCCO4)s2)C1. The Morgan fingerprint density at radius 1 is 1.17 bits per heavy atom. The van der Waals surface area contributed by atoms with E-state index in [4.69, 9.17) is 9.47 Å². The van der Waals surface area contributed by atoms with Crippen molar-refractivity contribution in [3.8, 4) is 21.9 Å². The van der Waals surface area contributed by atoms with E-state index in [0.717, 1.165) is 52.6 Å². The van der Waals surface area contributed by atoms with E-state index in [0.29, 0.717) is 26.2 Å². The number of hydrogen-bond donors (Lipinski definition) is 1. The second-order valence-electron chi connectivity index (χ2n) is 7.43. The van der Waals surface area contributed by atoms with Gasteiger partial charge in [-0.2, -0.15) is 0 Å². The van der Waals surface area contributed by atoms with Crippen LogP contribution in [-0.4, -0.2) is 49.1 Å². The van der Waals surface area contributed by atoms with Crippen molar-refractivity contribution >= 4 is 23.2 Å². The lowest BCUT2D eigenvalue weighted by molar-refractivity contribution is -0.122. The lowest BCUT2D eigenvalue weighted by atomic mass is 10.1. The summed E-state index contributed by atoms with van der Waals surface area (Å²) in [5.41, 5.74) is 1.02. The summed E-state index contributed by atoms with van der Waals surface area (Å²) in [6.07, 6.45) is 3.20. The average molecular weight is 415 g/mol. The zero-order valence-electron chi connectivity index (χ0n) is 16.6. The first-order valence-electron chi connectivity index (χ1n) is 10.2. The lowest BCUT2D eigenvalue weighted by Gasteiger charge is -2.33. The molecule has 0 radical (unpaired) electrons. The smallest absolute Gasteiger partial charge is 0.264 e. The lowest BCUT2D eigenvalue weighted by Crippen LogP contribution is -2.49. The first-order valence-corrected chi connectivity index (χ1v) is 11.0. The molecule has 2 aliphatic heterocycles. The Kier molecular flexibility index (Phi) is 6.04. The molecule has 0 bridgehead atoms. The molecule has 3 heterocycles. The number of benzene rings is 1. The third kappa shape index (κ3) is 4.56. The van der Waals surface area contributed by atoms with Crippen LogP contribution in [0.25, 0.3) is 10.4 Å². The molecule has 0 aliphatic carbocycles. The number of nitrogens with one attached hydrogen (secondary N) is 1. The van der Waals surface area contributed by atoms with Crippen LogP contribution in [0.4, 0.5) is 0 Å². The van der Waals surface area contributed by atoms with E-state index in [9.17, 15) is 9.59 Å². The number of carbonyl (C=O) groups excluding carboxylic acids is 2. The van der Waals surface area contributed by atoms with Crippen molar-refractivity contribution in [1.82, 2.24) is 10.2 Å². The summed E-state index contributed by atoms with van der Waals surface area (Å²) < 4.78 is 11.2. The van der Waals surface area contributed by atoms with Crippen LogP contribution in [0, 0.1) is 0 Å². The van der Waals surface area contributed by atoms with Crippen LogP contribution in [0.3, 0.4) is 0 Å². The molecule has 154 valence electrons. The number of carbonyl (C=O) groups is 2. The van der Waals surface area contributed by atoms with E-state index in [1.807, 2.05) is 42.2 Å². The summed E-state index contributed by atoms with van der Waals surface area (Å²) in [7, 11) is 0. The molecule has 6 nitrogen and oxygen atoms in total. The van der Waals surface area contributed by atoms with Crippen LogP contribution >= 0.6 is 11.3 Å². The van der Waals surface area contributed by atoms with Gasteiger partial charge in [-0.1, -0.05) is 6.92 Å². The summed E-state index contributed by atoms with van der Waals surface area (Å²) >= 11 is 1.49. The number of ether oxygens (including phenoxy) is 2. The fourth-order valence-corrected chi connectivity index (χ4v) is 4.74. The Morgan fingerprint density at radius 3 is 2.83 bits per heavy atom. The Balaban J connectivity index is 1.43. The Morgan fingerprint density at radius 2 is 2.00 bits per heavy atom. The molecule has 1 unspecified atom stereocenters. The maximum atomic E-state index is 13.0. The molecular weight excluding hydrogens is 388 g/mol. The summed E-state index contributed by atoms with van der Waals surface area (Å²) in [4.78, 5) is 28.5. The summed E-state index contributed by atoms with van der Waals surface area (Å²) in [5.74, 6) is 1.62. The van der Waals surface area contributed by atoms with Gasteiger partial charge in [-0.15, -0.1) is 11.3 Å². The first-order chi connectivity index (χ1) is 14.1. The molecule has 2 aromatic rings. The predicted molar refractivity (Wildman–Crippen MR) is 113 cm³/mol. The molecule has 0 spiro atoms. The number of amides is 2. The van der Waals surface area contributed by atoms with Crippen molar-refractivity contribution in [1.29, 1.82) is 0 Å². The van der Waals surface area contributed by atoms with Crippen LogP contribution in [0.5, 0.6) is 11.5 Å². The highest BCUT2D eigenvalue weighted by Crippen LogP contribution is 2.37. The highest BCUT2D eigenvalue weighted by molar-refractivity contribution is 7.17. The second kappa shape index (κ2) is 8.86. The van der Waals surface area contributed by atoms with Gasteiger partial charge in [0.2, 0.25) is 5.91 Å². The number of fused-ring (bicyclic) bond motifs is 1. The summed E-state index contributed by atoms with van der Waals surface area (Å²) in [5, 5.41) is 3.06. The number of nitrogens with zero attached hydrogens (tertiary/aromatic N) is 1. The molecule has 2 amide bonds. The van der Waals surface area contributed by atoms with Crippen LogP contribution in [0.1, 0.15) is 42.3 Å². The second-order valence-corrected chi connectivity index (χ2v) is 8.51. The Bertz CT molecular complexity index is 895. The van der Waals surface area contributed by atoms with Crippen molar-refractivity contribution in [2.75, 3.05) is 26.3 Å². The van der Waals surface area contributed by atoms with Gasteiger partial charge in [0.1, 0.15) is 13.2 Å². The zero-order valence-corrected chi connectivity index (χ0v) is 17.4. The Labute approximate surface area is 174 Å². The zero-order chi connectivity index (χ0) is 20.2. The van der Waals surface area contributed by atoms with Crippen molar-refractivity contribution in [2.45, 2.75) is 38.6 Å². The predicted octanol–water partition coefficient (Wildman–Crippen LogP) is 3.71. The quantitative estimate of drug-likeness (QED) is 0.810. The monoisotopic (exact) mass is 414 g/mol. The molecule has 2 aliphatic rings. The van der Waals surface area contributed by atoms with Gasteiger partial charge in [0.25, 0.3) is 5.91 Å². The largest absolute Gasteiger partial charge is 0.486 e. The number of rotatable bonds is 5. The van der Waals surface area contributed by atoms with Crippen LogP contribution in [0.15, 0.2) is 30.3 Å². The average Bonchev–Trinajstić information content (AvgIpc) is 3.23. The van der Waals surface area contributed by atoms with E-state index >= 15 is 0 Å². The fourth-order valence-electron chi connectivity index (χ4n) is 3.77. The summed E-state index contributed by atoms with van der Waals surface area (Å²) in [6.45, 7) is 4.42. The van der Waals surface area contributed by atoms with Gasteiger partial charge in [-0.3, -0.25) is 9.59 Å². The number of hydrogen-bond acceptors (Lipinski definition) is 5. The minimum Gasteiger partial charge on any atom is -0.486 e. The minimum atomic E-state index is 0.0354. The molecule has 7 heteroatoms. The van der Waals surface area contributed by atoms with E-state index in [2.05, 4.69) is 5.32 Å². The van der Waals surface area contributed by atoms with Crippen molar-refractivity contribution in [2.24, 2.45) is 0 Å². The highest BCUT2D eigenvalue weighted by Gasteiger charge is 2.26. The molecule has 1 N–H and O–H groups in total.